The maximum atomic E-state index is 5.99. The summed E-state index contributed by atoms with van der Waals surface area (Å²) in [5.41, 5.74) is 2.25. The molecule has 0 aromatic carbocycles. The van der Waals surface area contributed by atoms with E-state index in [1.165, 1.54) is 0 Å². The quantitative estimate of drug-likeness (QED) is 0.573. The molecule has 31 heavy (non-hydrogen) atoms. The Balaban J connectivity index is 1.44. The Morgan fingerprint density at radius 2 is 2.13 bits per heavy atom. The van der Waals surface area contributed by atoms with Crippen molar-refractivity contribution < 1.29 is 9.47 Å². The number of ether oxygens (including phenoxy) is 2. The molecule has 0 bridgehead atoms. The van der Waals surface area contributed by atoms with Gasteiger partial charge in [0.05, 0.1) is 38.6 Å². The normalized spacial score (nSPS) is 22.6. The summed E-state index contributed by atoms with van der Waals surface area (Å²) >= 11 is 0. The first-order valence-electron chi connectivity index (χ1n) is 11.1. The summed E-state index contributed by atoms with van der Waals surface area (Å²) in [5, 5.41) is 7.72. The third-order valence-corrected chi connectivity index (χ3v) is 5.58. The van der Waals surface area contributed by atoms with E-state index in [1.54, 1.807) is 0 Å². The first-order valence-corrected chi connectivity index (χ1v) is 11.1. The average Bonchev–Trinajstić information content (AvgIpc) is 3.23. The van der Waals surface area contributed by atoms with Crippen LogP contribution in [-0.4, -0.2) is 77.7 Å². The highest BCUT2D eigenvalue weighted by molar-refractivity contribution is 5.80. The van der Waals surface area contributed by atoms with Crippen molar-refractivity contribution in [1.82, 2.24) is 25.0 Å². The number of hydrogen-bond donors (Lipinski definition) is 1. The van der Waals surface area contributed by atoms with E-state index < -0.39 is 0 Å². The molecule has 2 saturated heterocycles. The van der Waals surface area contributed by atoms with Gasteiger partial charge in [0.1, 0.15) is 11.9 Å². The summed E-state index contributed by atoms with van der Waals surface area (Å²) in [6.07, 6.45) is 6.00. The molecule has 1 N–H and O–H groups in total. The van der Waals surface area contributed by atoms with Crippen molar-refractivity contribution in [2.24, 2.45) is 12.0 Å². The second kappa shape index (κ2) is 10.1. The van der Waals surface area contributed by atoms with Gasteiger partial charge in [-0.25, -0.2) is 9.98 Å². The average molecular weight is 428 g/mol. The molecule has 168 valence electrons. The zero-order valence-electron chi connectivity index (χ0n) is 18.7. The van der Waals surface area contributed by atoms with Gasteiger partial charge in [-0.05, 0) is 31.5 Å². The van der Waals surface area contributed by atoms with Gasteiger partial charge in [-0.1, -0.05) is 0 Å². The van der Waals surface area contributed by atoms with Crippen molar-refractivity contribution in [3.63, 3.8) is 0 Å². The van der Waals surface area contributed by atoms with E-state index >= 15 is 0 Å². The molecule has 9 heteroatoms. The first kappa shape index (κ1) is 21.6. The van der Waals surface area contributed by atoms with E-state index in [9.17, 15) is 0 Å². The molecule has 0 radical (unpaired) electrons. The minimum Gasteiger partial charge on any atom is -0.375 e. The molecule has 0 amide bonds. The Morgan fingerprint density at radius 3 is 2.90 bits per heavy atom. The van der Waals surface area contributed by atoms with Crippen LogP contribution < -0.4 is 10.2 Å². The van der Waals surface area contributed by atoms with Gasteiger partial charge >= 0.3 is 0 Å². The zero-order chi connectivity index (χ0) is 21.6. The van der Waals surface area contributed by atoms with Gasteiger partial charge in [0, 0.05) is 51.2 Å². The number of pyridine rings is 1. The van der Waals surface area contributed by atoms with Crippen LogP contribution in [0.15, 0.2) is 35.7 Å². The fourth-order valence-corrected chi connectivity index (χ4v) is 4.00. The molecular weight excluding hydrogens is 394 g/mol. The SMILES string of the molecule is CCNC(=NCc1ccnc(N2CCOC(C)C2)c1)N1CCOC(c2cnn(C)c2)C1. The summed E-state index contributed by atoms with van der Waals surface area (Å²) in [7, 11) is 1.93. The Labute approximate surface area is 184 Å². The first-order chi connectivity index (χ1) is 15.1. The van der Waals surface area contributed by atoms with Crippen LogP contribution in [0.5, 0.6) is 0 Å². The molecule has 0 spiro atoms. The number of rotatable bonds is 5. The molecule has 0 aliphatic carbocycles. The van der Waals surface area contributed by atoms with Crippen molar-refractivity contribution in [3.8, 4) is 0 Å². The minimum absolute atomic E-state index is 0.00199. The van der Waals surface area contributed by atoms with Crippen molar-refractivity contribution in [1.29, 1.82) is 0 Å². The lowest BCUT2D eigenvalue weighted by molar-refractivity contribution is -0.00805. The van der Waals surface area contributed by atoms with E-state index in [2.05, 4.69) is 45.1 Å². The van der Waals surface area contributed by atoms with Crippen LogP contribution in [-0.2, 0) is 23.1 Å². The predicted molar refractivity (Wildman–Crippen MR) is 120 cm³/mol. The minimum atomic E-state index is 0.00199. The van der Waals surface area contributed by atoms with Crippen LogP contribution in [0.2, 0.25) is 0 Å². The molecule has 2 aliphatic heterocycles. The monoisotopic (exact) mass is 427 g/mol. The number of hydrogen-bond acceptors (Lipinski definition) is 6. The number of aromatic nitrogens is 3. The Hall–Kier alpha value is -2.65. The fourth-order valence-electron chi connectivity index (χ4n) is 4.00. The predicted octanol–water partition coefficient (Wildman–Crippen LogP) is 1.58. The smallest absolute Gasteiger partial charge is 0.194 e. The van der Waals surface area contributed by atoms with Crippen LogP contribution in [0.1, 0.15) is 31.1 Å². The lowest BCUT2D eigenvalue weighted by Gasteiger charge is -2.34. The summed E-state index contributed by atoms with van der Waals surface area (Å²) < 4.78 is 13.5. The molecule has 9 nitrogen and oxygen atoms in total. The number of guanidine groups is 1. The van der Waals surface area contributed by atoms with Gasteiger partial charge in [0.25, 0.3) is 0 Å². The van der Waals surface area contributed by atoms with Crippen LogP contribution in [0.3, 0.4) is 0 Å². The summed E-state index contributed by atoms with van der Waals surface area (Å²) in [4.78, 5) is 14.1. The molecule has 4 heterocycles. The molecule has 4 rings (SSSR count). The molecule has 2 aromatic heterocycles. The Morgan fingerprint density at radius 1 is 1.26 bits per heavy atom. The third kappa shape index (κ3) is 5.54. The van der Waals surface area contributed by atoms with Crippen molar-refractivity contribution in [3.05, 3.63) is 41.9 Å². The van der Waals surface area contributed by atoms with E-state index in [0.717, 1.165) is 62.2 Å². The highest BCUT2D eigenvalue weighted by Gasteiger charge is 2.25. The molecule has 2 aromatic rings. The largest absolute Gasteiger partial charge is 0.375 e. The number of nitrogens with zero attached hydrogens (tertiary/aromatic N) is 6. The standard InChI is InChI=1S/C22H33N7O2/c1-4-23-22(29-8-10-31-20(16-29)19-13-26-27(3)15-19)25-12-18-5-6-24-21(11-18)28-7-9-30-17(2)14-28/h5-6,11,13,15,17,20H,4,7-10,12,14,16H2,1-3H3,(H,23,25). The number of aliphatic imine (C=N–C) groups is 1. The molecule has 2 fully saturated rings. The number of aryl methyl sites for hydroxylation is 1. The highest BCUT2D eigenvalue weighted by atomic mass is 16.5. The third-order valence-electron chi connectivity index (χ3n) is 5.58. The highest BCUT2D eigenvalue weighted by Crippen LogP contribution is 2.22. The van der Waals surface area contributed by atoms with E-state index in [1.807, 2.05) is 36.4 Å². The van der Waals surface area contributed by atoms with Gasteiger partial charge in [0.2, 0.25) is 0 Å². The number of nitrogens with one attached hydrogen (secondary N) is 1. The number of morpholine rings is 2. The summed E-state index contributed by atoms with van der Waals surface area (Å²) in [6, 6.07) is 4.18. The second-order valence-corrected chi connectivity index (χ2v) is 8.07. The van der Waals surface area contributed by atoms with Gasteiger partial charge in [-0.2, -0.15) is 5.10 Å². The molecular formula is C22H33N7O2. The Kier molecular flexibility index (Phi) is 7.03. The van der Waals surface area contributed by atoms with E-state index in [-0.39, 0.29) is 12.2 Å². The van der Waals surface area contributed by atoms with Crippen LogP contribution >= 0.6 is 0 Å². The van der Waals surface area contributed by atoms with Crippen molar-refractivity contribution in [2.45, 2.75) is 32.6 Å². The molecule has 2 aliphatic rings. The van der Waals surface area contributed by atoms with Crippen LogP contribution in [0.4, 0.5) is 5.82 Å². The van der Waals surface area contributed by atoms with E-state index in [4.69, 9.17) is 14.5 Å². The topological polar surface area (TPSA) is 80.0 Å². The summed E-state index contributed by atoms with van der Waals surface area (Å²) in [6.45, 7) is 10.3. The van der Waals surface area contributed by atoms with Crippen molar-refractivity contribution in [2.75, 3.05) is 50.8 Å². The molecule has 2 atom stereocenters. The lowest BCUT2D eigenvalue weighted by atomic mass is 10.1. The molecule has 0 saturated carbocycles. The fraction of sp³-hybridized carbons (Fsp3) is 0.591. The second-order valence-electron chi connectivity index (χ2n) is 8.07. The van der Waals surface area contributed by atoms with Gasteiger partial charge in [-0.15, -0.1) is 0 Å². The molecule has 2 unspecified atom stereocenters. The van der Waals surface area contributed by atoms with E-state index in [0.29, 0.717) is 13.2 Å². The lowest BCUT2D eigenvalue weighted by Crippen LogP contribution is -2.48. The van der Waals surface area contributed by atoms with Gasteiger partial charge in [0.15, 0.2) is 5.96 Å². The van der Waals surface area contributed by atoms with Crippen LogP contribution in [0, 0.1) is 0 Å². The number of anilines is 1. The maximum Gasteiger partial charge on any atom is 0.194 e. The maximum absolute atomic E-state index is 5.99. The van der Waals surface area contributed by atoms with Gasteiger partial charge in [-0.3, -0.25) is 4.68 Å². The Bertz CT molecular complexity index is 884. The van der Waals surface area contributed by atoms with Crippen LogP contribution in [0.25, 0.3) is 0 Å². The summed E-state index contributed by atoms with van der Waals surface area (Å²) in [5.74, 6) is 1.91. The van der Waals surface area contributed by atoms with Crippen molar-refractivity contribution >= 4 is 11.8 Å². The zero-order valence-corrected chi connectivity index (χ0v) is 18.7. The van der Waals surface area contributed by atoms with Gasteiger partial charge < -0.3 is 24.6 Å².